The van der Waals surface area contributed by atoms with Gasteiger partial charge in [0.1, 0.15) is 12.3 Å². The quantitative estimate of drug-likeness (QED) is 0.619. The Balaban J connectivity index is 2.26. The Morgan fingerprint density at radius 1 is 1.28 bits per heavy atom. The van der Waals surface area contributed by atoms with Gasteiger partial charge in [-0.05, 0) is 44.2 Å². The highest BCUT2D eigenvalue weighted by Crippen LogP contribution is 2.37. The van der Waals surface area contributed by atoms with Crippen molar-refractivity contribution in [1.29, 1.82) is 0 Å². The number of carbonyl (C=O) groups excluding carboxylic acids is 1. The molecule has 1 aliphatic rings. The van der Waals surface area contributed by atoms with Gasteiger partial charge in [0.25, 0.3) is 0 Å². The highest BCUT2D eigenvalue weighted by atomic mass is 16.6. The molecule has 0 spiro atoms. The van der Waals surface area contributed by atoms with Gasteiger partial charge in [-0.25, -0.2) is 9.59 Å². The van der Waals surface area contributed by atoms with Crippen molar-refractivity contribution in [1.82, 2.24) is 4.90 Å². The van der Waals surface area contributed by atoms with Gasteiger partial charge in [0.15, 0.2) is 0 Å². The summed E-state index contributed by atoms with van der Waals surface area (Å²) in [6.07, 6.45) is 2.60. The lowest BCUT2D eigenvalue weighted by Crippen LogP contribution is -2.48. The number of benzene rings is 1. The van der Waals surface area contributed by atoms with Gasteiger partial charge in [-0.15, -0.1) is 0 Å². The Bertz CT molecular complexity index is 726. The minimum Gasteiger partial charge on any atom is -0.478 e. The third-order valence-corrected chi connectivity index (χ3v) is 4.99. The van der Waals surface area contributed by atoms with Crippen LogP contribution in [0.15, 0.2) is 42.0 Å². The molecule has 6 nitrogen and oxygen atoms in total. The number of amides is 1. The van der Waals surface area contributed by atoms with Crippen LogP contribution in [0.4, 0.5) is 4.79 Å². The van der Waals surface area contributed by atoms with Gasteiger partial charge in [0.05, 0.1) is 12.1 Å². The van der Waals surface area contributed by atoms with Crippen molar-refractivity contribution >= 4 is 12.1 Å². The molecule has 1 aliphatic heterocycles. The number of aliphatic carboxylic acids is 1. The van der Waals surface area contributed by atoms with Crippen molar-refractivity contribution in [3.63, 3.8) is 0 Å². The summed E-state index contributed by atoms with van der Waals surface area (Å²) in [6, 6.07) is 9.22. The number of hydrogen-bond donors (Lipinski definition) is 1. The van der Waals surface area contributed by atoms with E-state index in [-0.39, 0.29) is 12.6 Å². The molecule has 2 rings (SSSR count). The molecule has 6 heteroatoms. The molecule has 2 atom stereocenters. The summed E-state index contributed by atoms with van der Waals surface area (Å²) in [5.74, 6) is -0.640. The molecule has 1 fully saturated rings. The average molecular weight is 404 g/mol. The molecular formula is C23H33NO5. The second kappa shape index (κ2) is 9.92. The molecule has 1 aromatic rings. The first-order valence-electron chi connectivity index (χ1n) is 10.3. The SMILES string of the molecule is CCC/C(=C\[C@@H]1OC(C)(C)N(C(=O)OCc2ccccc2)[C@H]1CC(C)C)C(=O)O. The number of carbonyl (C=O) groups is 2. The monoisotopic (exact) mass is 403 g/mol. The second-order valence-electron chi connectivity index (χ2n) is 8.38. The molecule has 0 unspecified atom stereocenters. The fraction of sp³-hybridized carbons (Fsp3) is 0.565. The van der Waals surface area contributed by atoms with Crippen molar-refractivity contribution in [3.05, 3.63) is 47.5 Å². The number of hydrogen-bond acceptors (Lipinski definition) is 4. The molecule has 1 amide bonds. The maximum atomic E-state index is 13.0. The van der Waals surface area contributed by atoms with Crippen LogP contribution in [-0.4, -0.2) is 39.9 Å². The van der Waals surface area contributed by atoms with E-state index in [1.54, 1.807) is 11.0 Å². The van der Waals surface area contributed by atoms with Crippen LogP contribution in [0.25, 0.3) is 0 Å². The van der Waals surface area contributed by atoms with Gasteiger partial charge >= 0.3 is 12.1 Å². The lowest BCUT2D eigenvalue weighted by molar-refractivity contribution is -0.133. The van der Waals surface area contributed by atoms with Crippen molar-refractivity contribution in [2.45, 2.75) is 78.4 Å². The molecule has 1 N–H and O–H groups in total. The third-order valence-electron chi connectivity index (χ3n) is 4.99. The summed E-state index contributed by atoms with van der Waals surface area (Å²) in [5.41, 5.74) is 0.331. The number of carboxylic acids is 1. The lowest BCUT2D eigenvalue weighted by atomic mass is 9.96. The largest absolute Gasteiger partial charge is 0.478 e. The molecule has 1 aromatic carbocycles. The Morgan fingerprint density at radius 3 is 2.48 bits per heavy atom. The van der Waals surface area contributed by atoms with Crippen molar-refractivity contribution in [2.24, 2.45) is 5.92 Å². The fourth-order valence-electron chi connectivity index (χ4n) is 3.76. The van der Waals surface area contributed by atoms with E-state index in [0.717, 1.165) is 12.0 Å². The zero-order valence-corrected chi connectivity index (χ0v) is 18.1. The first-order chi connectivity index (χ1) is 13.7. The number of nitrogens with zero attached hydrogens (tertiary/aromatic N) is 1. The van der Waals surface area contributed by atoms with Gasteiger partial charge in [0.2, 0.25) is 0 Å². The molecule has 0 radical (unpaired) electrons. The molecule has 0 aliphatic carbocycles. The maximum Gasteiger partial charge on any atom is 0.412 e. The number of ether oxygens (including phenoxy) is 2. The van der Waals surface area contributed by atoms with Crippen molar-refractivity contribution in [3.8, 4) is 0 Å². The van der Waals surface area contributed by atoms with Crippen LogP contribution in [0.5, 0.6) is 0 Å². The molecular weight excluding hydrogens is 370 g/mol. The minimum atomic E-state index is -0.943. The molecule has 29 heavy (non-hydrogen) atoms. The van der Waals surface area contributed by atoms with Crippen LogP contribution in [0.2, 0.25) is 0 Å². The van der Waals surface area contributed by atoms with Crippen molar-refractivity contribution in [2.75, 3.05) is 0 Å². The third kappa shape index (κ3) is 6.07. The van der Waals surface area contributed by atoms with E-state index in [1.807, 2.05) is 51.1 Å². The summed E-state index contributed by atoms with van der Waals surface area (Å²) in [5, 5.41) is 9.52. The van der Waals surface area contributed by atoms with Gasteiger partial charge in [0, 0.05) is 5.57 Å². The molecule has 1 heterocycles. The van der Waals surface area contributed by atoms with Crippen LogP contribution in [0, 0.1) is 5.92 Å². The average Bonchev–Trinajstić information content (AvgIpc) is 2.89. The van der Waals surface area contributed by atoms with Crippen LogP contribution >= 0.6 is 0 Å². The van der Waals surface area contributed by atoms with Gasteiger partial charge in [-0.2, -0.15) is 0 Å². The lowest BCUT2D eigenvalue weighted by Gasteiger charge is -2.33. The summed E-state index contributed by atoms with van der Waals surface area (Å²) in [6.45, 7) is 9.90. The molecule has 0 bridgehead atoms. The van der Waals surface area contributed by atoms with E-state index in [1.165, 1.54) is 0 Å². The van der Waals surface area contributed by atoms with Crippen LogP contribution < -0.4 is 0 Å². The van der Waals surface area contributed by atoms with E-state index in [9.17, 15) is 14.7 Å². The normalized spacial score (nSPS) is 21.4. The van der Waals surface area contributed by atoms with E-state index in [0.29, 0.717) is 24.3 Å². The number of rotatable bonds is 8. The highest BCUT2D eigenvalue weighted by Gasteiger charge is 2.50. The zero-order chi connectivity index (χ0) is 21.6. The Hall–Kier alpha value is -2.34. The van der Waals surface area contributed by atoms with E-state index in [2.05, 4.69) is 13.8 Å². The summed E-state index contributed by atoms with van der Waals surface area (Å²) >= 11 is 0. The second-order valence-corrected chi connectivity index (χ2v) is 8.38. The first kappa shape index (κ1) is 22.9. The van der Waals surface area contributed by atoms with E-state index in [4.69, 9.17) is 9.47 Å². The Kier molecular flexibility index (Phi) is 7.85. The maximum absolute atomic E-state index is 13.0. The van der Waals surface area contributed by atoms with Gasteiger partial charge in [-0.3, -0.25) is 4.90 Å². The van der Waals surface area contributed by atoms with Crippen LogP contribution in [-0.2, 0) is 20.9 Å². The Labute approximate surface area is 173 Å². The number of carboxylic acid groups (broad SMARTS) is 1. The summed E-state index contributed by atoms with van der Waals surface area (Å²) in [4.78, 5) is 26.2. The van der Waals surface area contributed by atoms with Crippen molar-refractivity contribution < 1.29 is 24.2 Å². The Morgan fingerprint density at radius 2 is 1.93 bits per heavy atom. The predicted molar refractivity (Wildman–Crippen MR) is 111 cm³/mol. The molecule has 1 saturated heterocycles. The first-order valence-corrected chi connectivity index (χ1v) is 10.3. The van der Waals surface area contributed by atoms with E-state index >= 15 is 0 Å². The smallest absolute Gasteiger partial charge is 0.412 e. The van der Waals surface area contributed by atoms with Gasteiger partial charge < -0.3 is 14.6 Å². The zero-order valence-electron chi connectivity index (χ0n) is 18.1. The summed E-state index contributed by atoms with van der Waals surface area (Å²) < 4.78 is 11.7. The molecule has 0 aromatic heterocycles. The molecule has 0 saturated carbocycles. The van der Waals surface area contributed by atoms with Crippen LogP contribution in [0.3, 0.4) is 0 Å². The van der Waals surface area contributed by atoms with Crippen LogP contribution in [0.1, 0.15) is 59.4 Å². The fourth-order valence-corrected chi connectivity index (χ4v) is 3.76. The topological polar surface area (TPSA) is 76.1 Å². The standard InChI is InChI=1S/C23H33NO5/c1-6-10-18(21(25)26)14-20-19(13-16(2)3)24(23(4,5)29-20)22(27)28-15-17-11-8-7-9-12-17/h7-9,11-12,14,16,19-20H,6,10,13,15H2,1-5H3,(H,25,26)/b18-14+/t19-,20-/m0/s1. The molecule has 160 valence electrons. The summed E-state index contributed by atoms with van der Waals surface area (Å²) in [7, 11) is 0. The van der Waals surface area contributed by atoms with Gasteiger partial charge in [-0.1, -0.05) is 57.5 Å². The minimum absolute atomic E-state index is 0.178. The predicted octanol–water partition coefficient (Wildman–Crippen LogP) is 4.99. The highest BCUT2D eigenvalue weighted by molar-refractivity contribution is 5.86. The van der Waals surface area contributed by atoms with E-state index < -0.39 is 23.9 Å².